The average molecular weight is 137 g/mol. The standard InChI is InChI=1S/C9H15N/c1-2-5-9(6-3-1)7-4-8-10-9/h4,8,10H,1-3,5-7H2. The number of rotatable bonds is 0. The van der Waals surface area contributed by atoms with Crippen molar-refractivity contribution < 1.29 is 0 Å². The molecule has 0 atom stereocenters. The van der Waals surface area contributed by atoms with Crippen LogP contribution < -0.4 is 5.32 Å². The molecule has 1 heterocycles. The molecule has 1 aliphatic carbocycles. The first kappa shape index (κ1) is 6.26. The molecule has 1 N–H and O–H groups in total. The van der Waals surface area contributed by atoms with Gasteiger partial charge < -0.3 is 5.32 Å². The monoisotopic (exact) mass is 137 g/mol. The lowest BCUT2D eigenvalue weighted by Gasteiger charge is -2.33. The van der Waals surface area contributed by atoms with Gasteiger partial charge in [-0.25, -0.2) is 0 Å². The average Bonchev–Trinajstić information content (AvgIpc) is 2.39. The lowest BCUT2D eigenvalue weighted by atomic mass is 9.81. The fraction of sp³-hybridized carbons (Fsp3) is 0.778. The van der Waals surface area contributed by atoms with E-state index in [1.165, 1.54) is 38.5 Å². The highest BCUT2D eigenvalue weighted by atomic mass is 15.0. The highest BCUT2D eigenvalue weighted by molar-refractivity contribution is 5.06. The van der Waals surface area contributed by atoms with Crippen molar-refractivity contribution in [3.63, 3.8) is 0 Å². The molecule has 1 fully saturated rings. The fourth-order valence-electron chi connectivity index (χ4n) is 2.16. The molecule has 0 bridgehead atoms. The Morgan fingerprint density at radius 1 is 1.10 bits per heavy atom. The van der Waals surface area contributed by atoms with Gasteiger partial charge in [0.1, 0.15) is 0 Å². The van der Waals surface area contributed by atoms with Crippen molar-refractivity contribution >= 4 is 0 Å². The topological polar surface area (TPSA) is 12.0 Å². The van der Waals surface area contributed by atoms with Crippen LogP contribution in [-0.4, -0.2) is 5.54 Å². The van der Waals surface area contributed by atoms with Crippen molar-refractivity contribution in [1.82, 2.24) is 5.32 Å². The minimum Gasteiger partial charge on any atom is -0.385 e. The third kappa shape index (κ3) is 0.938. The molecular formula is C9H15N. The zero-order valence-electron chi connectivity index (χ0n) is 6.40. The minimum atomic E-state index is 0.512. The van der Waals surface area contributed by atoms with Crippen LogP contribution in [0, 0.1) is 0 Å². The van der Waals surface area contributed by atoms with Crippen LogP contribution >= 0.6 is 0 Å². The Hall–Kier alpha value is -0.460. The van der Waals surface area contributed by atoms with Gasteiger partial charge in [-0.1, -0.05) is 25.3 Å². The van der Waals surface area contributed by atoms with Gasteiger partial charge in [0.05, 0.1) is 0 Å². The summed E-state index contributed by atoms with van der Waals surface area (Å²) < 4.78 is 0. The zero-order valence-corrected chi connectivity index (χ0v) is 6.40. The van der Waals surface area contributed by atoms with Crippen LogP contribution in [0.15, 0.2) is 12.3 Å². The van der Waals surface area contributed by atoms with Gasteiger partial charge in [0.25, 0.3) is 0 Å². The highest BCUT2D eigenvalue weighted by Crippen LogP contribution is 2.33. The smallest absolute Gasteiger partial charge is 0.0403 e. The van der Waals surface area contributed by atoms with E-state index in [0.29, 0.717) is 5.54 Å². The van der Waals surface area contributed by atoms with E-state index in [0.717, 1.165) is 0 Å². The molecule has 0 aromatic rings. The summed E-state index contributed by atoms with van der Waals surface area (Å²) in [6.07, 6.45) is 12.7. The summed E-state index contributed by atoms with van der Waals surface area (Å²) in [6, 6.07) is 0. The normalized spacial score (nSPS) is 28.8. The fourth-order valence-corrected chi connectivity index (χ4v) is 2.16. The summed E-state index contributed by atoms with van der Waals surface area (Å²) >= 11 is 0. The van der Waals surface area contributed by atoms with Crippen LogP contribution in [0.3, 0.4) is 0 Å². The predicted molar refractivity (Wildman–Crippen MR) is 42.7 cm³/mol. The summed E-state index contributed by atoms with van der Waals surface area (Å²) in [5, 5.41) is 3.49. The first-order chi connectivity index (χ1) is 4.91. The van der Waals surface area contributed by atoms with Crippen LogP contribution in [0.4, 0.5) is 0 Å². The van der Waals surface area contributed by atoms with Crippen LogP contribution in [-0.2, 0) is 0 Å². The SMILES string of the molecule is C1=CNC2(C1)CCCCC2. The quantitative estimate of drug-likeness (QED) is 0.539. The molecule has 1 saturated carbocycles. The van der Waals surface area contributed by atoms with Gasteiger partial charge in [0.15, 0.2) is 0 Å². The first-order valence-electron chi connectivity index (χ1n) is 4.34. The van der Waals surface area contributed by atoms with Crippen molar-refractivity contribution in [1.29, 1.82) is 0 Å². The summed E-state index contributed by atoms with van der Waals surface area (Å²) in [5.74, 6) is 0. The Labute approximate surface area is 62.5 Å². The molecule has 0 unspecified atom stereocenters. The van der Waals surface area contributed by atoms with E-state index >= 15 is 0 Å². The van der Waals surface area contributed by atoms with Gasteiger partial charge in [-0.2, -0.15) is 0 Å². The molecular weight excluding hydrogens is 122 g/mol. The van der Waals surface area contributed by atoms with Crippen molar-refractivity contribution in [2.24, 2.45) is 0 Å². The van der Waals surface area contributed by atoms with E-state index in [9.17, 15) is 0 Å². The van der Waals surface area contributed by atoms with Crippen molar-refractivity contribution in [2.45, 2.75) is 44.1 Å². The van der Waals surface area contributed by atoms with Crippen LogP contribution in [0.5, 0.6) is 0 Å². The van der Waals surface area contributed by atoms with Gasteiger partial charge in [-0.15, -0.1) is 0 Å². The Morgan fingerprint density at radius 2 is 1.90 bits per heavy atom. The van der Waals surface area contributed by atoms with E-state index in [1.807, 2.05) is 0 Å². The molecule has 1 nitrogen and oxygen atoms in total. The van der Waals surface area contributed by atoms with Gasteiger partial charge in [0, 0.05) is 5.54 Å². The molecule has 0 radical (unpaired) electrons. The summed E-state index contributed by atoms with van der Waals surface area (Å²) in [4.78, 5) is 0. The maximum atomic E-state index is 3.49. The van der Waals surface area contributed by atoms with E-state index in [2.05, 4.69) is 17.6 Å². The number of nitrogens with one attached hydrogen (secondary N) is 1. The van der Waals surface area contributed by atoms with E-state index in [-0.39, 0.29) is 0 Å². The third-order valence-corrected chi connectivity index (χ3v) is 2.83. The van der Waals surface area contributed by atoms with Crippen LogP contribution in [0.25, 0.3) is 0 Å². The first-order valence-corrected chi connectivity index (χ1v) is 4.34. The molecule has 1 aliphatic heterocycles. The second kappa shape index (κ2) is 2.30. The second-order valence-corrected chi connectivity index (χ2v) is 3.59. The molecule has 1 heteroatoms. The minimum absolute atomic E-state index is 0.512. The molecule has 10 heavy (non-hydrogen) atoms. The maximum Gasteiger partial charge on any atom is 0.0403 e. The molecule has 2 aliphatic rings. The van der Waals surface area contributed by atoms with Crippen molar-refractivity contribution in [3.8, 4) is 0 Å². The highest BCUT2D eigenvalue weighted by Gasteiger charge is 2.31. The van der Waals surface area contributed by atoms with E-state index in [1.54, 1.807) is 0 Å². The van der Waals surface area contributed by atoms with Gasteiger partial charge in [-0.05, 0) is 25.5 Å². The van der Waals surface area contributed by atoms with E-state index in [4.69, 9.17) is 0 Å². The second-order valence-electron chi connectivity index (χ2n) is 3.59. The van der Waals surface area contributed by atoms with Crippen LogP contribution in [0.1, 0.15) is 38.5 Å². The van der Waals surface area contributed by atoms with Crippen LogP contribution in [0.2, 0.25) is 0 Å². The molecule has 0 aromatic carbocycles. The lowest BCUT2D eigenvalue weighted by Crippen LogP contribution is -2.40. The summed E-state index contributed by atoms with van der Waals surface area (Å²) in [5.41, 5.74) is 0.512. The largest absolute Gasteiger partial charge is 0.385 e. The Bertz CT molecular complexity index is 133. The third-order valence-electron chi connectivity index (χ3n) is 2.83. The Morgan fingerprint density at radius 3 is 2.50 bits per heavy atom. The molecule has 56 valence electrons. The lowest BCUT2D eigenvalue weighted by molar-refractivity contribution is 0.272. The summed E-state index contributed by atoms with van der Waals surface area (Å²) in [6.45, 7) is 0. The van der Waals surface area contributed by atoms with Gasteiger partial charge >= 0.3 is 0 Å². The molecule has 0 aromatic heterocycles. The van der Waals surface area contributed by atoms with Crippen molar-refractivity contribution in [3.05, 3.63) is 12.3 Å². The molecule has 2 rings (SSSR count). The predicted octanol–water partition coefficient (Wildman–Crippen LogP) is 2.20. The molecule has 0 amide bonds. The van der Waals surface area contributed by atoms with E-state index < -0.39 is 0 Å². The van der Waals surface area contributed by atoms with Gasteiger partial charge in [-0.3, -0.25) is 0 Å². The maximum absolute atomic E-state index is 3.49. The molecule has 0 saturated heterocycles. The van der Waals surface area contributed by atoms with Gasteiger partial charge in [0.2, 0.25) is 0 Å². The Kier molecular flexibility index (Phi) is 1.44. The summed E-state index contributed by atoms with van der Waals surface area (Å²) in [7, 11) is 0. The molecule has 1 spiro atoms. The van der Waals surface area contributed by atoms with Crippen molar-refractivity contribution in [2.75, 3.05) is 0 Å². The Balaban J connectivity index is 2.00. The number of hydrogen-bond donors (Lipinski definition) is 1. The number of hydrogen-bond acceptors (Lipinski definition) is 1. The zero-order chi connectivity index (χ0) is 6.86.